The zero-order valence-electron chi connectivity index (χ0n) is 24.4. The summed E-state index contributed by atoms with van der Waals surface area (Å²) in [7, 11) is 1.70. The molecule has 0 N–H and O–H groups in total. The highest BCUT2D eigenvalue weighted by molar-refractivity contribution is 5.79. The van der Waals surface area contributed by atoms with Gasteiger partial charge in [0, 0.05) is 31.6 Å². The molecule has 0 atom stereocenters. The lowest BCUT2D eigenvalue weighted by atomic mass is 9.98. The average molecular weight is 595 g/mol. The van der Waals surface area contributed by atoms with Gasteiger partial charge in [0.2, 0.25) is 0 Å². The highest BCUT2D eigenvalue weighted by atomic mass is 16.6. The molecule has 0 radical (unpaired) electrons. The van der Waals surface area contributed by atoms with E-state index >= 15 is 0 Å². The van der Waals surface area contributed by atoms with Crippen molar-refractivity contribution in [3.63, 3.8) is 0 Å². The van der Waals surface area contributed by atoms with Crippen molar-refractivity contribution in [1.29, 1.82) is 0 Å². The van der Waals surface area contributed by atoms with Gasteiger partial charge in [-0.2, -0.15) is 0 Å². The summed E-state index contributed by atoms with van der Waals surface area (Å²) in [5.74, 6) is 0.583. The Hall–Kier alpha value is -4.03. The van der Waals surface area contributed by atoms with Crippen LogP contribution in [0.5, 0.6) is 5.75 Å². The Balaban J connectivity index is 0.949. The third-order valence-corrected chi connectivity index (χ3v) is 6.88. The van der Waals surface area contributed by atoms with Crippen LogP contribution in [-0.4, -0.2) is 95.6 Å². The van der Waals surface area contributed by atoms with Gasteiger partial charge in [0.15, 0.2) is 0 Å². The number of carbonyl (C=O) groups is 1. The van der Waals surface area contributed by atoms with E-state index in [0.717, 1.165) is 0 Å². The molecule has 1 aliphatic rings. The molecule has 3 aromatic rings. The molecule has 0 heterocycles. The standard InChI is InChI=1S/C32H38N2O9/c1-33(32(35)43-24-31-29-8-4-2-6-27(29)28-7-3-5-9-30(28)31)14-15-38-16-17-39-18-19-40-20-21-41-22-23-42-26-12-10-25(11-13-26)34(36)37/h2-13,31H,14-24H2,1H3. The van der Waals surface area contributed by atoms with Crippen LogP contribution < -0.4 is 4.74 Å². The number of nitro benzene ring substituents is 1. The number of amides is 1. The highest BCUT2D eigenvalue weighted by Gasteiger charge is 2.29. The Labute approximate surface area is 251 Å². The average Bonchev–Trinajstić information content (AvgIpc) is 3.35. The first-order valence-corrected chi connectivity index (χ1v) is 14.3. The minimum absolute atomic E-state index is 0.0217. The van der Waals surface area contributed by atoms with Crippen LogP contribution in [0.4, 0.5) is 10.5 Å². The van der Waals surface area contributed by atoms with Gasteiger partial charge in [0.05, 0.1) is 57.8 Å². The SMILES string of the molecule is CN(CCOCCOCCOCCOCCOc1ccc([N+](=O)[O-])cc1)C(=O)OCC1c2ccccc2-c2ccccc21. The second-order valence-corrected chi connectivity index (χ2v) is 9.77. The molecule has 0 aliphatic heterocycles. The number of carbonyl (C=O) groups excluding carboxylic acids is 1. The third kappa shape index (κ3) is 9.75. The fourth-order valence-corrected chi connectivity index (χ4v) is 4.64. The molecule has 0 spiro atoms. The fourth-order valence-electron chi connectivity index (χ4n) is 4.64. The Morgan fingerprint density at radius 2 is 1.21 bits per heavy atom. The first kappa shape index (κ1) is 31.9. The largest absolute Gasteiger partial charge is 0.491 e. The molecule has 11 heteroatoms. The number of fused-ring (bicyclic) bond motifs is 3. The van der Waals surface area contributed by atoms with E-state index in [-0.39, 0.29) is 17.7 Å². The van der Waals surface area contributed by atoms with Gasteiger partial charge in [0.25, 0.3) is 5.69 Å². The quantitative estimate of drug-likeness (QED) is 0.108. The molecule has 0 saturated carbocycles. The topological polar surface area (TPSA) is 119 Å². The number of non-ortho nitro benzene ring substituents is 1. The maximum atomic E-state index is 12.6. The van der Waals surface area contributed by atoms with Crippen LogP contribution in [0.25, 0.3) is 11.1 Å². The van der Waals surface area contributed by atoms with Crippen LogP contribution in [0.1, 0.15) is 17.0 Å². The first-order chi connectivity index (χ1) is 21.0. The third-order valence-electron chi connectivity index (χ3n) is 6.88. The van der Waals surface area contributed by atoms with Gasteiger partial charge in [0.1, 0.15) is 19.0 Å². The summed E-state index contributed by atoms with van der Waals surface area (Å²) in [6.45, 7) is 4.37. The van der Waals surface area contributed by atoms with E-state index in [1.807, 2.05) is 24.3 Å². The number of nitro groups is 1. The van der Waals surface area contributed by atoms with E-state index in [4.69, 9.17) is 28.4 Å². The predicted molar refractivity (Wildman–Crippen MR) is 160 cm³/mol. The lowest BCUT2D eigenvalue weighted by molar-refractivity contribution is -0.384. The van der Waals surface area contributed by atoms with Crippen molar-refractivity contribution >= 4 is 11.8 Å². The summed E-state index contributed by atoms with van der Waals surface area (Å²) < 4.78 is 33.1. The normalized spacial score (nSPS) is 12.0. The number of hydrogen-bond acceptors (Lipinski definition) is 9. The minimum atomic E-state index is -0.454. The number of benzene rings is 3. The summed E-state index contributed by atoms with van der Waals surface area (Å²) in [6, 6.07) is 22.4. The molecule has 0 unspecified atom stereocenters. The van der Waals surface area contributed by atoms with Crippen LogP contribution in [0.3, 0.4) is 0 Å². The van der Waals surface area contributed by atoms with Crippen molar-refractivity contribution in [3.05, 3.63) is 94.0 Å². The molecule has 0 saturated heterocycles. The van der Waals surface area contributed by atoms with Gasteiger partial charge < -0.3 is 33.3 Å². The molecule has 4 rings (SSSR count). The van der Waals surface area contributed by atoms with E-state index in [9.17, 15) is 14.9 Å². The predicted octanol–water partition coefficient (Wildman–Crippen LogP) is 4.92. The molecule has 0 fully saturated rings. The summed E-state index contributed by atoms with van der Waals surface area (Å²) >= 11 is 0. The molecule has 0 aromatic heterocycles. The Morgan fingerprint density at radius 1 is 0.721 bits per heavy atom. The lowest BCUT2D eigenvalue weighted by Crippen LogP contribution is -2.32. The van der Waals surface area contributed by atoms with Gasteiger partial charge in [-0.15, -0.1) is 0 Å². The van der Waals surface area contributed by atoms with Crippen molar-refractivity contribution in [1.82, 2.24) is 4.90 Å². The van der Waals surface area contributed by atoms with Gasteiger partial charge in [-0.05, 0) is 34.4 Å². The van der Waals surface area contributed by atoms with E-state index in [2.05, 4.69) is 24.3 Å². The molecular formula is C32H38N2O9. The van der Waals surface area contributed by atoms with E-state index in [1.165, 1.54) is 39.3 Å². The summed E-state index contributed by atoms with van der Waals surface area (Å²) in [5.41, 5.74) is 4.79. The lowest BCUT2D eigenvalue weighted by Gasteiger charge is -2.19. The first-order valence-electron chi connectivity index (χ1n) is 14.3. The van der Waals surface area contributed by atoms with Crippen LogP contribution in [-0.2, 0) is 23.7 Å². The Morgan fingerprint density at radius 3 is 1.74 bits per heavy atom. The van der Waals surface area contributed by atoms with Gasteiger partial charge in [-0.25, -0.2) is 4.79 Å². The highest BCUT2D eigenvalue weighted by Crippen LogP contribution is 2.44. The Bertz CT molecular complexity index is 1260. The van der Waals surface area contributed by atoms with Gasteiger partial charge >= 0.3 is 6.09 Å². The number of nitrogens with zero attached hydrogens (tertiary/aromatic N) is 2. The molecule has 43 heavy (non-hydrogen) atoms. The molecule has 1 amide bonds. The van der Waals surface area contributed by atoms with E-state index in [1.54, 1.807) is 19.2 Å². The van der Waals surface area contributed by atoms with Crippen LogP contribution in [0.15, 0.2) is 72.8 Å². The Kier molecular flexibility index (Phi) is 12.7. The second kappa shape index (κ2) is 17.2. The summed E-state index contributed by atoms with van der Waals surface area (Å²) in [4.78, 5) is 24.3. The van der Waals surface area contributed by atoms with Crippen LogP contribution in [0.2, 0.25) is 0 Å². The molecule has 1 aliphatic carbocycles. The maximum absolute atomic E-state index is 12.6. The van der Waals surface area contributed by atoms with E-state index < -0.39 is 4.92 Å². The zero-order valence-corrected chi connectivity index (χ0v) is 24.4. The molecule has 3 aromatic carbocycles. The number of likely N-dealkylation sites (N-methyl/N-ethyl adjacent to an activating group) is 1. The maximum Gasteiger partial charge on any atom is 0.409 e. The molecule has 11 nitrogen and oxygen atoms in total. The second-order valence-electron chi connectivity index (χ2n) is 9.77. The van der Waals surface area contributed by atoms with Crippen molar-refractivity contribution in [2.75, 3.05) is 79.7 Å². The number of rotatable bonds is 19. The van der Waals surface area contributed by atoms with Gasteiger partial charge in [-0.1, -0.05) is 48.5 Å². The fraction of sp³-hybridized carbons (Fsp3) is 0.406. The minimum Gasteiger partial charge on any atom is -0.491 e. The van der Waals surface area contributed by atoms with Crippen LogP contribution in [0, 0.1) is 10.1 Å². The zero-order chi connectivity index (χ0) is 30.3. The monoisotopic (exact) mass is 594 g/mol. The number of hydrogen-bond donors (Lipinski definition) is 0. The van der Waals surface area contributed by atoms with Gasteiger partial charge in [-0.3, -0.25) is 10.1 Å². The summed E-state index contributed by atoms with van der Waals surface area (Å²) in [5, 5.41) is 10.6. The van der Waals surface area contributed by atoms with Crippen molar-refractivity contribution in [3.8, 4) is 16.9 Å². The van der Waals surface area contributed by atoms with Crippen molar-refractivity contribution < 1.29 is 38.1 Å². The molecule has 0 bridgehead atoms. The van der Waals surface area contributed by atoms with Crippen molar-refractivity contribution in [2.45, 2.75) is 5.92 Å². The van der Waals surface area contributed by atoms with E-state index in [0.29, 0.717) is 78.4 Å². The molecule has 230 valence electrons. The number of ether oxygens (including phenoxy) is 6. The molecular weight excluding hydrogens is 556 g/mol. The summed E-state index contributed by atoms with van der Waals surface area (Å²) in [6.07, 6.45) is -0.375. The van der Waals surface area contributed by atoms with Crippen LogP contribution >= 0.6 is 0 Å². The smallest absolute Gasteiger partial charge is 0.409 e. The van der Waals surface area contributed by atoms with Crippen molar-refractivity contribution in [2.24, 2.45) is 0 Å².